The number of aromatic nitrogens is 2. The molecule has 4 aromatic rings. The van der Waals surface area contributed by atoms with Crippen LogP contribution in [0.25, 0.3) is 11.0 Å². The van der Waals surface area contributed by atoms with Crippen LogP contribution < -0.4 is 5.63 Å². The minimum Gasteiger partial charge on any atom is -0.457 e. The predicted octanol–water partition coefficient (Wildman–Crippen LogP) is 4.36. The molecule has 0 aliphatic heterocycles. The fourth-order valence-electron chi connectivity index (χ4n) is 3.02. The molecule has 7 heteroatoms. The van der Waals surface area contributed by atoms with E-state index in [0.717, 1.165) is 11.1 Å². The summed E-state index contributed by atoms with van der Waals surface area (Å²) in [7, 11) is 0. The minimum absolute atomic E-state index is 0.0602. The van der Waals surface area contributed by atoms with Gasteiger partial charge in [-0.3, -0.25) is 4.68 Å². The second-order valence-corrected chi connectivity index (χ2v) is 7.07. The lowest BCUT2D eigenvalue weighted by atomic mass is 10.1. The average Bonchev–Trinajstić information content (AvgIpc) is 3.21. The topological polar surface area (TPSA) is 74.3 Å². The number of fused-ring (bicyclic) bond motifs is 1. The molecular formula is C22H17ClN2O4. The van der Waals surface area contributed by atoms with Crippen LogP contribution in [-0.2, 0) is 17.9 Å². The zero-order valence-corrected chi connectivity index (χ0v) is 16.3. The molecule has 6 nitrogen and oxygen atoms in total. The highest BCUT2D eigenvalue weighted by Gasteiger charge is 2.12. The van der Waals surface area contributed by atoms with Crippen LogP contribution >= 0.6 is 11.6 Å². The van der Waals surface area contributed by atoms with Crippen molar-refractivity contribution in [2.45, 2.75) is 20.1 Å². The third kappa shape index (κ3) is 4.22. The van der Waals surface area contributed by atoms with Gasteiger partial charge in [0.05, 0.1) is 12.1 Å². The van der Waals surface area contributed by atoms with Gasteiger partial charge in [0, 0.05) is 34.4 Å². The molecule has 29 heavy (non-hydrogen) atoms. The Kier molecular flexibility index (Phi) is 5.18. The quantitative estimate of drug-likeness (QED) is 0.362. The average molecular weight is 409 g/mol. The minimum atomic E-state index is -0.506. The van der Waals surface area contributed by atoms with Gasteiger partial charge in [0.25, 0.3) is 0 Å². The van der Waals surface area contributed by atoms with Crippen molar-refractivity contribution in [2.75, 3.05) is 0 Å². The first-order valence-corrected chi connectivity index (χ1v) is 9.34. The molecule has 0 spiro atoms. The maximum atomic E-state index is 12.4. The van der Waals surface area contributed by atoms with Crippen molar-refractivity contribution in [3.63, 3.8) is 0 Å². The second kappa shape index (κ2) is 7.93. The number of ether oxygens (including phenoxy) is 1. The summed E-state index contributed by atoms with van der Waals surface area (Å²) < 4.78 is 12.4. The number of benzene rings is 2. The molecule has 0 saturated carbocycles. The number of hydrogen-bond donors (Lipinski definition) is 0. The van der Waals surface area contributed by atoms with Crippen LogP contribution in [0.2, 0.25) is 5.02 Å². The van der Waals surface area contributed by atoms with E-state index in [-0.39, 0.29) is 6.61 Å². The first-order chi connectivity index (χ1) is 14.0. The molecule has 0 unspecified atom stereocenters. The van der Waals surface area contributed by atoms with Crippen molar-refractivity contribution in [3.05, 3.63) is 98.6 Å². The van der Waals surface area contributed by atoms with Crippen LogP contribution in [0.3, 0.4) is 0 Å². The number of carbonyl (C=O) groups is 1. The fraction of sp³-hybridized carbons (Fsp3) is 0.136. The number of nitrogens with zero attached hydrogens (tertiary/aromatic N) is 2. The molecule has 0 fully saturated rings. The SMILES string of the molecule is Cc1cc2oc(=O)cc(COC(=O)c3ccc(Cn4cccn4)cc3)c2cc1Cl. The van der Waals surface area contributed by atoms with Crippen molar-refractivity contribution >= 4 is 28.5 Å². The van der Waals surface area contributed by atoms with E-state index in [4.69, 9.17) is 20.8 Å². The van der Waals surface area contributed by atoms with Crippen molar-refractivity contribution in [3.8, 4) is 0 Å². The lowest BCUT2D eigenvalue weighted by Gasteiger charge is -2.09. The molecular weight excluding hydrogens is 392 g/mol. The molecule has 2 heterocycles. The largest absolute Gasteiger partial charge is 0.457 e. The normalized spacial score (nSPS) is 11.0. The summed E-state index contributed by atoms with van der Waals surface area (Å²) in [5.74, 6) is -0.477. The predicted molar refractivity (Wildman–Crippen MR) is 109 cm³/mol. The summed E-state index contributed by atoms with van der Waals surface area (Å²) in [6.45, 7) is 2.38. The van der Waals surface area contributed by atoms with E-state index >= 15 is 0 Å². The van der Waals surface area contributed by atoms with Gasteiger partial charge >= 0.3 is 11.6 Å². The third-order valence-electron chi connectivity index (χ3n) is 4.56. The summed E-state index contributed by atoms with van der Waals surface area (Å²) in [4.78, 5) is 24.3. The molecule has 2 aromatic heterocycles. The Morgan fingerprint density at radius 1 is 1.21 bits per heavy atom. The fourth-order valence-corrected chi connectivity index (χ4v) is 3.19. The first-order valence-electron chi connectivity index (χ1n) is 8.96. The Balaban J connectivity index is 1.49. The standard InChI is InChI=1S/C22H17ClN2O4/c1-14-9-20-18(11-19(14)23)17(10-21(26)29-20)13-28-22(27)16-5-3-15(4-6-16)12-25-8-2-7-24-25/h2-11H,12-13H2,1H3. The van der Waals surface area contributed by atoms with Gasteiger partial charge in [-0.2, -0.15) is 5.10 Å². The molecule has 0 amide bonds. The molecule has 4 rings (SSSR count). The monoisotopic (exact) mass is 408 g/mol. The number of carbonyl (C=O) groups excluding carboxylic acids is 1. The van der Waals surface area contributed by atoms with Gasteiger partial charge in [-0.1, -0.05) is 23.7 Å². The van der Waals surface area contributed by atoms with Gasteiger partial charge in [-0.25, -0.2) is 9.59 Å². The highest BCUT2D eigenvalue weighted by molar-refractivity contribution is 6.32. The number of esters is 1. The molecule has 0 aliphatic carbocycles. The molecule has 0 radical (unpaired) electrons. The summed E-state index contributed by atoms with van der Waals surface area (Å²) in [5.41, 5.74) is 2.69. The zero-order valence-electron chi connectivity index (χ0n) is 15.6. The second-order valence-electron chi connectivity index (χ2n) is 6.66. The van der Waals surface area contributed by atoms with Gasteiger partial charge < -0.3 is 9.15 Å². The number of rotatable bonds is 5. The van der Waals surface area contributed by atoms with Gasteiger partial charge in [0.15, 0.2) is 0 Å². The Morgan fingerprint density at radius 3 is 2.72 bits per heavy atom. The smallest absolute Gasteiger partial charge is 0.338 e. The van der Waals surface area contributed by atoms with E-state index in [2.05, 4.69) is 5.10 Å². The molecule has 2 aromatic carbocycles. The highest BCUT2D eigenvalue weighted by atomic mass is 35.5. The van der Waals surface area contributed by atoms with Crippen molar-refractivity contribution in [2.24, 2.45) is 0 Å². The number of aryl methyl sites for hydroxylation is 1. The summed E-state index contributed by atoms with van der Waals surface area (Å²) in [5, 5.41) is 5.35. The van der Waals surface area contributed by atoms with E-state index in [9.17, 15) is 9.59 Å². The van der Waals surface area contributed by atoms with Gasteiger partial charge in [0.1, 0.15) is 12.2 Å². The van der Waals surface area contributed by atoms with E-state index in [1.165, 1.54) is 6.07 Å². The van der Waals surface area contributed by atoms with Crippen LogP contribution in [-0.4, -0.2) is 15.7 Å². The van der Waals surface area contributed by atoms with E-state index in [1.54, 1.807) is 35.1 Å². The summed E-state index contributed by atoms with van der Waals surface area (Å²) >= 11 is 6.19. The van der Waals surface area contributed by atoms with Crippen molar-refractivity contribution in [1.29, 1.82) is 0 Å². The van der Waals surface area contributed by atoms with Crippen LogP contribution in [0.4, 0.5) is 0 Å². The number of halogens is 1. The van der Waals surface area contributed by atoms with Gasteiger partial charge in [0.2, 0.25) is 0 Å². The highest BCUT2D eigenvalue weighted by Crippen LogP contribution is 2.25. The Hall–Kier alpha value is -3.38. The van der Waals surface area contributed by atoms with E-state index < -0.39 is 11.6 Å². The van der Waals surface area contributed by atoms with Crippen LogP contribution in [0.15, 0.2) is 70.1 Å². The van der Waals surface area contributed by atoms with Crippen LogP contribution in [0.1, 0.15) is 27.0 Å². The molecule has 0 saturated heterocycles. The molecule has 0 atom stereocenters. The maximum absolute atomic E-state index is 12.4. The van der Waals surface area contributed by atoms with Crippen molar-refractivity contribution < 1.29 is 13.9 Å². The molecule has 0 N–H and O–H groups in total. The Labute approximate surface area is 171 Å². The number of hydrogen-bond acceptors (Lipinski definition) is 5. The van der Waals surface area contributed by atoms with E-state index in [1.807, 2.05) is 31.3 Å². The first kappa shape index (κ1) is 19.0. The van der Waals surface area contributed by atoms with Gasteiger partial charge in [-0.15, -0.1) is 0 Å². The molecule has 0 bridgehead atoms. The Bertz CT molecular complexity index is 1230. The summed E-state index contributed by atoms with van der Waals surface area (Å²) in [6, 6.07) is 13.7. The zero-order chi connectivity index (χ0) is 20.4. The lowest BCUT2D eigenvalue weighted by molar-refractivity contribution is 0.0474. The molecule has 146 valence electrons. The van der Waals surface area contributed by atoms with Crippen molar-refractivity contribution in [1.82, 2.24) is 9.78 Å². The van der Waals surface area contributed by atoms with Crippen LogP contribution in [0, 0.1) is 6.92 Å². The third-order valence-corrected chi connectivity index (χ3v) is 4.97. The van der Waals surface area contributed by atoms with Crippen LogP contribution in [0.5, 0.6) is 0 Å². The van der Waals surface area contributed by atoms with Gasteiger partial charge in [-0.05, 0) is 48.4 Å². The Morgan fingerprint density at radius 2 is 2.00 bits per heavy atom. The maximum Gasteiger partial charge on any atom is 0.338 e. The summed E-state index contributed by atoms with van der Waals surface area (Å²) in [6.07, 6.45) is 3.59. The lowest BCUT2D eigenvalue weighted by Crippen LogP contribution is -2.08. The molecule has 0 aliphatic rings. The van der Waals surface area contributed by atoms with E-state index in [0.29, 0.717) is 33.7 Å².